The number of nitrogens with one attached hydrogen (secondary N) is 1. The van der Waals surface area contributed by atoms with E-state index in [1.807, 2.05) is 13.8 Å². The summed E-state index contributed by atoms with van der Waals surface area (Å²) in [6.07, 6.45) is 1.11. The predicted molar refractivity (Wildman–Crippen MR) is 85.6 cm³/mol. The van der Waals surface area contributed by atoms with E-state index in [1.165, 1.54) is 11.3 Å². The van der Waals surface area contributed by atoms with Crippen LogP contribution in [-0.2, 0) is 16.0 Å². The van der Waals surface area contributed by atoms with Crippen LogP contribution in [0.15, 0.2) is 24.3 Å². The Labute approximate surface area is 127 Å². The second kappa shape index (κ2) is 7.46. The van der Waals surface area contributed by atoms with Crippen molar-refractivity contribution in [2.24, 2.45) is 5.92 Å². The van der Waals surface area contributed by atoms with Gasteiger partial charge in [-0.25, -0.2) is 0 Å². The Morgan fingerprint density at radius 3 is 2.90 bits per heavy atom. The lowest BCUT2D eigenvalue weighted by atomic mass is 9.93. The number of fused-ring (bicyclic) bond motifs is 1. The number of hydrogen-bond acceptors (Lipinski definition) is 4. The van der Waals surface area contributed by atoms with E-state index >= 15 is 0 Å². The van der Waals surface area contributed by atoms with Crippen molar-refractivity contribution >= 4 is 11.7 Å². The number of ether oxygens (including phenoxy) is 1. The van der Waals surface area contributed by atoms with Crippen LogP contribution in [-0.4, -0.2) is 38.3 Å². The van der Waals surface area contributed by atoms with Gasteiger partial charge >= 0.3 is 5.97 Å². The molecule has 0 radical (unpaired) electrons. The van der Waals surface area contributed by atoms with Gasteiger partial charge in [-0.2, -0.15) is 0 Å². The smallest absolute Gasteiger partial charge is 0.324 e. The van der Waals surface area contributed by atoms with Gasteiger partial charge in [0.25, 0.3) is 0 Å². The van der Waals surface area contributed by atoms with Crippen molar-refractivity contribution in [3.63, 3.8) is 0 Å². The van der Waals surface area contributed by atoms with Gasteiger partial charge in [0.2, 0.25) is 0 Å². The lowest BCUT2D eigenvalue weighted by Gasteiger charge is -2.36. The van der Waals surface area contributed by atoms with Crippen molar-refractivity contribution in [2.75, 3.05) is 31.1 Å². The summed E-state index contributed by atoms with van der Waals surface area (Å²) >= 11 is 0. The summed E-state index contributed by atoms with van der Waals surface area (Å²) in [5.41, 5.74) is 2.62. The highest BCUT2D eigenvalue weighted by Gasteiger charge is 2.27. The minimum atomic E-state index is -0.270. The van der Waals surface area contributed by atoms with Gasteiger partial charge in [-0.3, -0.25) is 4.79 Å². The van der Waals surface area contributed by atoms with Gasteiger partial charge in [-0.15, -0.1) is 0 Å². The van der Waals surface area contributed by atoms with E-state index in [9.17, 15) is 4.79 Å². The molecule has 21 heavy (non-hydrogen) atoms. The van der Waals surface area contributed by atoms with E-state index in [-0.39, 0.29) is 12.0 Å². The number of esters is 1. The van der Waals surface area contributed by atoms with Crippen LogP contribution in [0.1, 0.15) is 26.3 Å². The zero-order valence-corrected chi connectivity index (χ0v) is 13.3. The Balaban J connectivity index is 2.14. The lowest BCUT2D eigenvalue weighted by Crippen LogP contribution is -2.49. The summed E-state index contributed by atoms with van der Waals surface area (Å²) in [5, 5.41) is 3.24. The van der Waals surface area contributed by atoms with Crippen LogP contribution in [0.25, 0.3) is 0 Å². The average Bonchev–Trinajstić information content (AvgIpc) is 2.46. The average molecular weight is 290 g/mol. The van der Waals surface area contributed by atoms with E-state index in [2.05, 4.69) is 41.4 Å². The van der Waals surface area contributed by atoms with E-state index in [0.29, 0.717) is 19.1 Å². The van der Waals surface area contributed by atoms with Gasteiger partial charge in [0.1, 0.15) is 6.04 Å². The molecule has 2 rings (SSSR count). The van der Waals surface area contributed by atoms with Crippen molar-refractivity contribution in [1.29, 1.82) is 0 Å². The van der Waals surface area contributed by atoms with Gasteiger partial charge in [0.15, 0.2) is 0 Å². The van der Waals surface area contributed by atoms with Crippen LogP contribution in [0.2, 0.25) is 0 Å². The fraction of sp³-hybridized carbons (Fsp3) is 0.588. The topological polar surface area (TPSA) is 41.6 Å². The number of benzene rings is 1. The molecular weight excluding hydrogens is 264 g/mol. The highest BCUT2D eigenvalue weighted by atomic mass is 16.5. The third-order valence-electron chi connectivity index (χ3n) is 3.86. The lowest BCUT2D eigenvalue weighted by molar-refractivity contribution is -0.145. The fourth-order valence-corrected chi connectivity index (χ4v) is 3.01. The van der Waals surface area contributed by atoms with E-state index in [1.54, 1.807) is 0 Å². The van der Waals surface area contributed by atoms with Gasteiger partial charge in [-0.1, -0.05) is 32.0 Å². The van der Waals surface area contributed by atoms with E-state index in [4.69, 9.17) is 4.74 Å². The molecule has 1 aromatic rings. The molecular formula is C17H26N2O2. The van der Waals surface area contributed by atoms with Crippen LogP contribution in [0.3, 0.4) is 0 Å². The first kappa shape index (κ1) is 15.8. The summed E-state index contributed by atoms with van der Waals surface area (Å²) in [4.78, 5) is 14.4. The first-order chi connectivity index (χ1) is 10.2. The Hall–Kier alpha value is -1.55. The molecule has 0 amide bonds. The summed E-state index contributed by atoms with van der Waals surface area (Å²) in [7, 11) is 0. The van der Waals surface area contributed by atoms with Crippen molar-refractivity contribution in [1.82, 2.24) is 5.32 Å². The van der Waals surface area contributed by atoms with Gasteiger partial charge < -0.3 is 15.0 Å². The molecule has 1 aliphatic heterocycles. The molecule has 4 nitrogen and oxygen atoms in total. The fourth-order valence-electron chi connectivity index (χ4n) is 3.01. The molecule has 2 atom stereocenters. The van der Waals surface area contributed by atoms with Crippen LogP contribution in [0, 0.1) is 5.92 Å². The van der Waals surface area contributed by atoms with Gasteiger partial charge in [-0.05, 0) is 37.4 Å². The van der Waals surface area contributed by atoms with Crippen LogP contribution >= 0.6 is 0 Å². The summed E-state index contributed by atoms with van der Waals surface area (Å²) in [6.45, 7) is 8.95. The Kier molecular flexibility index (Phi) is 5.62. The standard InChI is InChI=1S/C17H26N2O2/c1-4-18-15(17(20)21-5-2)12-19-11-13(3)10-14-8-6-7-9-16(14)19/h6-9,13,15,18H,4-5,10-12H2,1-3H3. The Morgan fingerprint density at radius 2 is 2.19 bits per heavy atom. The maximum atomic E-state index is 12.1. The molecule has 0 spiro atoms. The molecule has 2 unspecified atom stereocenters. The van der Waals surface area contributed by atoms with Crippen LogP contribution in [0.4, 0.5) is 5.69 Å². The SMILES string of the molecule is CCNC(CN1CC(C)Cc2ccccc21)C(=O)OCC. The molecule has 0 aliphatic carbocycles. The van der Waals surface area contributed by atoms with Crippen molar-refractivity contribution in [3.05, 3.63) is 29.8 Å². The number of carbonyl (C=O) groups is 1. The third-order valence-corrected chi connectivity index (χ3v) is 3.86. The number of nitrogens with zero attached hydrogens (tertiary/aromatic N) is 1. The van der Waals surface area contributed by atoms with Gasteiger partial charge in [0.05, 0.1) is 6.61 Å². The number of carbonyl (C=O) groups excluding carboxylic acids is 1. The molecule has 1 aliphatic rings. The number of anilines is 1. The molecule has 116 valence electrons. The van der Waals surface area contributed by atoms with Crippen molar-refractivity contribution in [3.8, 4) is 0 Å². The molecule has 1 aromatic carbocycles. The minimum absolute atomic E-state index is 0.157. The third kappa shape index (κ3) is 3.97. The zero-order chi connectivity index (χ0) is 15.2. The predicted octanol–water partition coefficient (Wildman–Crippen LogP) is 2.23. The van der Waals surface area contributed by atoms with Crippen molar-refractivity contribution in [2.45, 2.75) is 33.2 Å². The molecule has 0 fully saturated rings. The molecule has 0 bridgehead atoms. The Morgan fingerprint density at radius 1 is 1.43 bits per heavy atom. The van der Waals surface area contributed by atoms with Crippen LogP contribution in [0.5, 0.6) is 0 Å². The number of hydrogen-bond donors (Lipinski definition) is 1. The molecule has 0 saturated carbocycles. The minimum Gasteiger partial charge on any atom is -0.465 e. The van der Waals surface area contributed by atoms with E-state index in [0.717, 1.165) is 19.5 Å². The van der Waals surface area contributed by atoms with Crippen LogP contribution < -0.4 is 10.2 Å². The number of para-hydroxylation sites is 1. The Bertz CT molecular complexity index is 476. The highest BCUT2D eigenvalue weighted by Crippen LogP contribution is 2.29. The second-order valence-corrected chi connectivity index (χ2v) is 5.71. The molecule has 4 heteroatoms. The number of rotatable bonds is 6. The molecule has 0 saturated heterocycles. The monoisotopic (exact) mass is 290 g/mol. The zero-order valence-electron chi connectivity index (χ0n) is 13.3. The summed E-state index contributed by atoms with van der Waals surface area (Å²) < 4.78 is 5.18. The van der Waals surface area contributed by atoms with Crippen molar-refractivity contribution < 1.29 is 9.53 Å². The normalized spacial score (nSPS) is 19.0. The quantitative estimate of drug-likeness (QED) is 0.816. The summed E-state index contributed by atoms with van der Waals surface area (Å²) in [6, 6.07) is 8.21. The number of likely N-dealkylation sites (N-methyl/N-ethyl adjacent to an activating group) is 1. The molecule has 1 N–H and O–H groups in total. The van der Waals surface area contributed by atoms with E-state index < -0.39 is 0 Å². The summed E-state index contributed by atoms with van der Waals surface area (Å²) in [5.74, 6) is 0.444. The molecule has 1 heterocycles. The van der Waals surface area contributed by atoms with Gasteiger partial charge in [0, 0.05) is 18.8 Å². The maximum Gasteiger partial charge on any atom is 0.324 e. The maximum absolute atomic E-state index is 12.1. The highest BCUT2D eigenvalue weighted by molar-refractivity contribution is 5.77. The molecule has 0 aromatic heterocycles. The largest absolute Gasteiger partial charge is 0.465 e. The first-order valence-electron chi connectivity index (χ1n) is 7.88. The second-order valence-electron chi connectivity index (χ2n) is 5.71. The first-order valence-corrected chi connectivity index (χ1v) is 7.88.